The van der Waals surface area contributed by atoms with Gasteiger partial charge in [0.05, 0.1) is 17.7 Å². The Morgan fingerprint density at radius 2 is 1.64 bits per heavy atom. The molecule has 0 aromatic heterocycles. The van der Waals surface area contributed by atoms with Crippen LogP contribution in [0.2, 0.25) is 0 Å². The van der Waals surface area contributed by atoms with Crippen molar-refractivity contribution in [2.75, 3.05) is 13.7 Å². The Bertz CT molecular complexity index is 1720. The molecule has 6 rings (SSSR count). The summed E-state index contributed by atoms with van der Waals surface area (Å²) in [6.07, 6.45) is 0.0501. The standard InChI is InChI=1S/C36H35N3O7.Ni/c1-44-36-45-29-19-18-25(21-30(29)46-36)33(40)32(35(42)43)38-31(24-13-6-3-7-14-24)26-15-8-9-16-27(26)37-34(41)28-17-10-20-39(28)22-23-11-4-2-5-12-23;/h2-9,11-16,18-19,21,28,32-33,36,40H,10,17,20,22H2,1H3,(H2,37,38,41,42,43);/q;+2/p-1/t28?,32-,33+,36?;/m0./s1. The van der Waals surface area contributed by atoms with E-state index in [2.05, 4.69) is 15.2 Å². The van der Waals surface area contributed by atoms with Crippen molar-refractivity contribution in [1.82, 2.24) is 4.90 Å². The number of carbonyl (C=O) groups excluding carboxylic acids is 1. The predicted octanol–water partition coefficient (Wildman–Crippen LogP) is 5.61. The van der Waals surface area contributed by atoms with Crippen molar-refractivity contribution in [3.05, 3.63) is 131 Å². The van der Waals surface area contributed by atoms with Gasteiger partial charge in [0.2, 0.25) is 0 Å². The van der Waals surface area contributed by atoms with Gasteiger partial charge in [0, 0.05) is 19.2 Å². The summed E-state index contributed by atoms with van der Waals surface area (Å²) in [5.74, 6) is -0.872. The minimum Gasteiger partial charge on any atom is -0.625 e. The number of benzene rings is 4. The molecule has 0 aliphatic carbocycles. The van der Waals surface area contributed by atoms with Crippen LogP contribution in [0, 0.1) is 0 Å². The van der Waals surface area contributed by atoms with Crippen LogP contribution in [0.15, 0.2) is 108 Å². The van der Waals surface area contributed by atoms with Crippen molar-refractivity contribution in [2.24, 2.45) is 4.99 Å². The van der Waals surface area contributed by atoms with Gasteiger partial charge in [-0.1, -0.05) is 91.0 Å². The first-order chi connectivity index (χ1) is 22.4. The summed E-state index contributed by atoms with van der Waals surface area (Å²) in [6, 6.07) is 28.8. The van der Waals surface area contributed by atoms with E-state index in [4.69, 9.17) is 14.2 Å². The van der Waals surface area contributed by atoms with E-state index >= 15 is 0 Å². The predicted molar refractivity (Wildman–Crippen MR) is 171 cm³/mol. The zero-order valence-electron chi connectivity index (χ0n) is 25.5. The second-order valence-corrected chi connectivity index (χ2v) is 11.1. The SMILES string of the molecule is COC1Oc2ccc([C@@H](O)[C@H](N=C(c3ccccc3)c3ccccc3[N-]C(=O)C3CCCN3Cc3ccccc3)C(=O)O)cc2O1.[Ni+2]. The van der Waals surface area contributed by atoms with E-state index in [1.165, 1.54) is 13.2 Å². The zero-order valence-corrected chi connectivity index (χ0v) is 26.5. The smallest absolute Gasteiger partial charge is 0.625 e. The van der Waals surface area contributed by atoms with Gasteiger partial charge in [-0.05, 0) is 48.2 Å². The van der Waals surface area contributed by atoms with Crippen LogP contribution in [-0.4, -0.2) is 64.9 Å². The Kier molecular flexibility index (Phi) is 11.1. The van der Waals surface area contributed by atoms with Crippen LogP contribution in [0.25, 0.3) is 5.32 Å². The summed E-state index contributed by atoms with van der Waals surface area (Å²) >= 11 is 0. The van der Waals surface area contributed by atoms with Crippen LogP contribution in [0.1, 0.15) is 41.2 Å². The van der Waals surface area contributed by atoms with Gasteiger partial charge in [0.15, 0.2) is 17.5 Å². The quantitative estimate of drug-likeness (QED) is 0.155. The number of aliphatic imine (C=N–C) groups is 1. The number of fused-ring (bicyclic) bond motifs is 1. The molecule has 4 atom stereocenters. The number of methoxy groups -OCH3 is 1. The van der Waals surface area contributed by atoms with Crippen molar-refractivity contribution >= 4 is 23.3 Å². The average molecular weight is 679 g/mol. The maximum Gasteiger partial charge on any atom is 2.00 e. The van der Waals surface area contributed by atoms with Crippen molar-refractivity contribution in [1.29, 1.82) is 0 Å². The molecule has 2 N–H and O–H groups in total. The van der Waals surface area contributed by atoms with Gasteiger partial charge < -0.3 is 34.5 Å². The fraction of sp³-hybridized carbons (Fsp3) is 0.250. The summed E-state index contributed by atoms with van der Waals surface area (Å²) in [4.78, 5) is 33.1. The Balaban J connectivity index is 0.00000433. The summed E-state index contributed by atoms with van der Waals surface area (Å²) in [6.45, 7) is 0.511. The van der Waals surface area contributed by atoms with E-state index in [9.17, 15) is 19.8 Å². The van der Waals surface area contributed by atoms with Gasteiger partial charge in [-0.2, -0.15) is 0 Å². The third-order valence-corrected chi connectivity index (χ3v) is 8.08. The van der Waals surface area contributed by atoms with Crippen LogP contribution < -0.4 is 9.47 Å². The van der Waals surface area contributed by atoms with Gasteiger partial charge in [0.25, 0.3) is 0 Å². The van der Waals surface area contributed by atoms with E-state index in [0.717, 1.165) is 18.5 Å². The second-order valence-electron chi connectivity index (χ2n) is 11.1. The van der Waals surface area contributed by atoms with Crippen LogP contribution in [0.5, 0.6) is 11.5 Å². The summed E-state index contributed by atoms with van der Waals surface area (Å²) in [7, 11) is 1.43. The number of carboxylic acid groups (broad SMARTS) is 1. The fourth-order valence-corrected chi connectivity index (χ4v) is 5.78. The fourth-order valence-electron chi connectivity index (χ4n) is 5.78. The van der Waals surface area contributed by atoms with Crippen LogP contribution in [-0.2, 0) is 37.4 Å². The molecule has 2 aliphatic heterocycles. The van der Waals surface area contributed by atoms with E-state index < -0.39 is 24.6 Å². The van der Waals surface area contributed by atoms with Gasteiger partial charge in [-0.25, -0.2) is 4.79 Å². The third kappa shape index (κ3) is 7.72. The zero-order chi connectivity index (χ0) is 32.0. The number of amides is 1. The molecule has 0 radical (unpaired) electrons. The van der Waals surface area contributed by atoms with E-state index in [1.54, 1.807) is 48.5 Å². The number of carboxylic acids is 1. The molecule has 1 saturated heterocycles. The number of hydrogen-bond acceptors (Lipinski definition) is 8. The molecule has 0 bridgehead atoms. The molecule has 2 heterocycles. The number of aliphatic hydroxyl groups is 1. The van der Waals surface area contributed by atoms with Crippen LogP contribution >= 0.6 is 0 Å². The van der Waals surface area contributed by atoms with Gasteiger partial charge in [-0.15, -0.1) is 5.69 Å². The number of para-hydroxylation sites is 1. The van der Waals surface area contributed by atoms with Gasteiger partial charge in [-0.3, -0.25) is 9.89 Å². The number of rotatable bonds is 11. The molecule has 1 amide bonds. The summed E-state index contributed by atoms with van der Waals surface area (Å²) in [5, 5.41) is 26.2. The molecular weight excluding hydrogens is 645 g/mol. The molecule has 2 aliphatic rings. The van der Waals surface area contributed by atoms with E-state index in [1.807, 2.05) is 48.5 Å². The summed E-state index contributed by atoms with van der Waals surface area (Å²) < 4.78 is 16.1. The Morgan fingerprint density at radius 1 is 0.957 bits per heavy atom. The normalized spacial score (nSPS) is 18.6. The maximum absolute atomic E-state index is 13.7. The third-order valence-electron chi connectivity index (χ3n) is 8.08. The molecule has 244 valence electrons. The molecule has 47 heavy (non-hydrogen) atoms. The first kappa shape index (κ1) is 33.8. The minimum absolute atomic E-state index is 0. The molecule has 1 fully saturated rings. The monoisotopic (exact) mass is 678 g/mol. The Labute approximate surface area is 282 Å². The number of aliphatic carboxylic acids is 1. The number of carbonyl (C=O) groups is 2. The Hall–Kier alpha value is -4.54. The van der Waals surface area contributed by atoms with Crippen LogP contribution in [0.3, 0.4) is 0 Å². The van der Waals surface area contributed by atoms with Crippen molar-refractivity contribution in [2.45, 2.75) is 44.1 Å². The number of aliphatic hydroxyl groups excluding tert-OH is 1. The van der Waals surface area contributed by atoms with Gasteiger partial charge >= 0.3 is 28.9 Å². The van der Waals surface area contributed by atoms with Crippen molar-refractivity contribution in [3.63, 3.8) is 0 Å². The van der Waals surface area contributed by atoms with Crippen LogP contribution in [0.4, 0.5) is 5.69 Å². The minimum atomic E-state index is -1.60. The van der Waals surface area contributed by atoms with E-state index in [-0.39, 0.29) is 39.7 Å². The maximum atomic E-state index is 13.7. The molecule has 11 heteroatoms. The molecule has 4 aromatic carbocycles. The largest absolute Gasteiger partial charge is 2.00 e. The molecule has 10 nitrogen and oxygen atoms in total. The van der Waals surface area contributed by atoms with Crippen molar-refractivity contribution in [3.8, 4) is 11.5 Å². The number of nitrogens with zero attached hydrogens (tertiary/aromatic N) is 3. The number of hydrogen-bond donors (Lipinski definition) is 2. The molecule has 4 aromatic rings. The molecule has 2 unspecified atom stereocenters. The first-order valence-electron chi connectivity index (χ1n) is 15.1. The molecule has 0 spiro atoms. The number of ether oxygens (including phenoxy) is 3. The summed E-state index contributed by atoms with van der Waals surface area (Å²) in [5.41, 5.74) is 3.13. The van der Waals surface area contributed by atoms with Gasteiger partial charge in [0.1, 0.15) is 6.10 Å². The van der Waals surface area contributed by atoms with E-state index in [0.29, 0.717) is 41.3 Å². The second kappa shape index (κ2) is 15.4. The molecular formula is C36H34N3NiO7+. The number of likely N-dealkylation sites (tertiary alicyclic amines) is 1. The first-order valence-corrected chi connectivity index (χ1v) is 15.1. The topological polar surface area (TPSA) is 132 Å². The Morgan fingerprint density at radius 3 is 2.36 bits per heavy atom. The van der Waals surface area contributed by atoms with Crippen molar-refractivity contribution < 1.29 is 50.5 Å². The average Bonchev–Trinajstić information content (AvgIpc) is 3.72. The molecule has 0 saturated carbocycles.